The van der Waals surface area contributed by atoms with Gasteiger partial charge in [-0.15, -0.1) is 0 Å². The molecular formula is C12H8ClN5O. The van der Waals surface area contributed by atoms with Gasteiger partial charge in [-0.3, -0.25) is 0 Å². The van der Waals surface area contributed by atoms with Gasteiger partial charge < -0.3 is 4.74 Å². The Labute approximate surface area is 113 Å². The van der Waals surface area contributed by atoms with Gasteiger partial charge in [-0.2, -0.15) is 5.10 Å². The first-order chi connectivity index (χ1) is 9.31. The number of halogens is 1. The largest absolute Gasteiger partial charge is 0.424 e. The van der Waals surface area contributed by atoms with Crippen LogP contribution in [0.5, 0.6) is 11.8 Å². The Bertz CT molecular complexity index is 669. The maximum Gasteiger partial charge on any atom is 0.321 e. The van der Waals surface area contributed by atoms with Gasteiger partial charge in [0.1, 0.15) is 18.4 Å². The highest BCUT2D eigenvalue weighted by atomic mass is 35.5. The van der Waals surface area contributed by atoms with E-state index in [2.05, 4.69) is 20.1 Å². The quantitative estimate of drug-likeness (QED) is 0.733. The minimum absolute atomic E-state index is 0.236. The van der Waals surface area contributed by atoms with E-state index in [4.69, 9.17) is 16.3 Å². The van der Waals surface area contributed by atoms with Crippen LogP contribution in [0.1, 0.15) is 0 Å². The zero-order valence-corrected chi connectivity index (χ0v) is 10.4. The van der Waals surface area contributed by atoms with Crippen LogP contribution in [0.15, 0.2) is 49.3 Å². The maximum atomic E-state index is 5.71. The summed E-state index contributed by atoms with van der Waals surface area (Å²) in [4.78, 5) is 11.8. The van der Waals surface area contributed by atoms with Crippen LogP contribution in [0.4, 0.5) is 0 Å². The molecule has 0 aliphatic rings. The van der Waals surface area contributed by atoms with Crippen molar-refractivity contribution in [2.75, 3.05) is 0 Å². The van der Waals surface area contributed by atoms with Crippen molar-refractivity contribution in [3.8, 4) is 17.4 Å². The third kappa shape index (κ3) is 2.69. The summed E-state index contributed by atoms with van der Waals surface area (Å²) in [7, 11) is 0. The molecule has 2 heterocycles. The molecule has 0 aliphatic carbocycles. The van der Waals surface area contributed by atoms with E-state index in [1.807, 2.05) is 18.2 Å². The molecule has 0 atom stereocenters. The minimum Gasteiger partial charge on any atom is -0.424 e. The molecule has 0 fully saturated rings. The van der Waals surface area contributed by atoms with Gasteiger partial charge in [0.15, 0.2) is 0 Å². The molecule has 3 aromatic rings. The Morgan fingerprint density at radius 2 is 2.00 bits per heavy atom. The van der Waals surface area contributed by atoms with Crippen molar-refractivity contribution >= 4 is 11.6 Å². The molecule has 7 heteroatoms. The second kappa shape index (κ2) is 5.03. The fourth-order valence-electron chi connectivity index (χ4n) is 1.49. The standard InChI is InChI=1S/C12H8ClN5O/c13-9-5-15-12(16-6-9)19-11-3-1-2-10(4-11)18-8-14-7-17-18/h1-8H. The summed E-state index contributed by atoms with van der Waals surface area (Å²) < 4.78 is 7.16. The van der Waals surface area contributed by atoms with Gasteiger partial charge in [0, 0.05) is 6.07 Å². The van der Waals surface area contributed by atoms with Crippen molar-refractivity contribution in [2.45, 2.75) is 0 Å². The topological polar surface area (TPSA) is 65.7 Å². The van der Waals surface area contributed by atoms with Gasteiger partial charge in [0.2, 0.25) is 0 Å². The second-order valence-corrected chi connectivity index (χ2v) is 4.06. The van der Waals surface area contributed by atoms with Crippen molar-refractivity contribution < 1.29 is 4.74 Å². The molecule has 0 radical (unpaired) electrons. The van der Waals surface area contributed by atoms with Crippen LogP contribution in [0, 0.1) is 0 Å². The molecule has 0 N–H and O–H groups in total. The van der Waals surface area contributed by atoms with Crippen molar-refractivity contribution in [2.24, 2.45) is 0 Å². The number of ether oxygens (including phenoxy) is 1. The first kappa shape index (κ1) is 11.6. The lowest BCUT2D eigenvalue weighted by Gasteiger charge is -2.05. The van der Waals surface area contributed by atoms with Gasteiger partial charge in [-0.1, -0.05) is 17.7 Å². The van der Waals surface area contributed by atoms with Crippen molar-refractivity contribution in [3.63, 3.8) is 0 Å². The van der Waals surface area contributed by atoms with Gasteiger partial charge in [-0.05, 0) is 12.1 Å². The van der Waals surface area contributed by atoms with Crippen LogP contribution in [0.25, 0.3) is 5.69 Å². The smallest absolute Gasteiger partial charge is 0.321 e. The van der Waals surface area contributed by atoms with Crippen molar-refractivity contribution in [1.29, 1.82) is 0 Å². The molecular weight excluding hydrogens is 266 g/mol. The van der Waals surface area contributed by atoms with Crippen LogP contribution in [0.2, 0.25) is 5.02 Å². The van der Waals surface area contributed by atoms with Crippen molar-refractivity contribution in [1.82, 2.24) is 24.7 Å². The normalized spacial score (nSPS) is 10.4. The number of aromatic nitrogens is 5. The number of hydrogen-bond acceptors (Lipinski definition) is 5. The van der Waals surface area contributed by atoms with Crippen LogP contribution >= 0.6 is 11.6 Å². The predicted octanol–water partition coefficient (Wildman–Crippen LogP) is 2.50. The third-order valence-electron chi connectivity index (χ3n) is 2.31. The van der Waals surface area contributed by atoms with Gasteiger partial charge >= 0.3 is 6.01 Å². The van der Waals surface area contributed by atoms with E-state index in [1.165, 1.54) is 18.7 Å². The van der Waals surface area contributed by atoms with Gasteiger partial charge in [0.05, 0.1) is 23.1 Å². The Morgan fingerprint density at radius 1 is 1.16 bits per heavy atom. The molecule has 0 spiro atoms. The van der Waals surface area contributed by atoms with E-state index in [0.717, 1.165) is 5.69 Å². The summed E-state index contributed by atoms with van der Waals surface area (Å²) in [5, 5.41) is 4.51. The summed E-state index contributed by atoms with van der Waals surface area (Å²) >= 11 is 5.71. The molecule has 94 valence electrons. The van der Waals surface area contributed by atoms with Crippen LogP contribution in [-0.4, -0.2) is 24.7 Å². The van der Waals surface area contributed by atoms with E-state index in [1.54, 1.807) is 17.1 Å². The molecule has 3 rings (SSSR count). The summed E-state index contributed by atoms with van der Waals surface area (Å²) in [6.45, 7) is 0. The summed E-state index contributed by atoms with van der Waals surface area (Å²) in [6.07, 6.45) is 6.03. The molecule has 0 unspecified atom stereocenters. The highest BCUT2D eigenvalue weighted by Gasteiger charge is 2.03. The maximum absolute atomic E-state index is 5.71. The third-order valence-corrected chi connectivity index (χ3v) is 2.50. The Hall–Kier alpha value is -2.47. The summed E-state index contributed by atoms with van der Waals surface area (Å²) in [5.41, 5.74) is 0.837. The zero-order chi connectivity index (χ0) is 13.1. The zero-order valence-electron chi connectivity index (χ0n) is 9.64. The SMILES string of the molecule is Clc1cnc(Oc2cccc(-n3cncn3)c2)nc1. The second-order valence-electron chi connectivity index (χ2n) is 3.62. The van der Waals surface area contributed by atoms with E-state index >= 15 is 0 Å². The van der Waals surface area contributed by atoms with E-state index < -0.39 is 0 Å². The lowest BCUT2D eigenvalue weighted by Crippen LogP contribution is -1.95. The van der Waals surface area contributed by atoms with Crippen LogP contribution in [0.3, 0.4) is 0 Å². The fraction of sp³-hybridized carbons (Fsp3) is 0. The highest BCUT2D eigenvalue weighted by molar-refractivity contribution is 6.30. The molecule has 0 aliphatic heterocycles. The fourth-order valence-corrected chi connectivity index (χ4v) is 1.59. The Balaban J connectivity index is 1.85. The molecule has 0 bridgehead atoms. The van der Waals surface area contributed by atoms with Gasteiger partial charge in [-0.25, -0.2) is 19.6 Å². The molecule has 19 heavy (non-hydrogen) atoms. The minimum atomic E-state index is 0.236. The lowest BCUT2D eigenvalue weighted by atomic mass is 10.3. The van der Waals surface area contributed by atoms with E-state index in [9.17, 15) is 0 Å². The first-order valence-corrected chi connectivity index (χ1v) is 5.79. The lowest BCUT2D eigenvalue weighted by molar-refractivity contribution is 0.441. The number of benzene rings is 1. The van der Waals surface area contributed by atoms with Gasteiger partial charge in [0.25, 0.3) is 0 Å². The monoisotopic (exact) mass is 273 g/mol. The Kier molecular flexibility index (Phi) is 3.07. The molecule has 0 amide bonds. The highest BCUT2D eigenvalue weighted by Crippen LogP contribution is 2.20. The number of hydrogen-bond donors (Lipinski definition) is 0. The number of rotatable bonds is 3. The molecule has 0 saturated carbocycles. The summed E-state index contributed by atoms with van der Waals surface area (Å²) in [5.74, 6) is 0.607. The molecule has 1 aromatic carbocycles. The first-order valence-electron chi connectivity index (χ1n) is 5.42. The van der Waals surface area contributed by atoms with E-state index in [-0.39, 0.29) is 6.01 Å². The van der Waals surface area contributed by atoms with Crippen LogP contribution in [-0.2, 0) is 0 Å². The molecule has 2 aromatic heterocycles. The summed E-state index contributed by atoms with van der Waals surface area (Å²) in [6, 6.07) is 7.59. The average Bonchev–Trinajstić information content (AvgIpc) is 2.96. The van der Waals surface area contributed by atoms with E-state index in [0.29, 0.717) is 10.8 Å². The average molecular weight is 274 g/mol. The van der Waals surface area contributed by atoms with Crippen LogP contribution < -0.4 is 4.74 Å². The predicted molar refractivity (Wildman–Crippen MR) is 68.5 cm³/mol. The number of nitrogens with zero attached hydrogens (tertiary/aromatic N) is 5. The molecule has 0 saturated heterocycles. The molecule has 6 nitrogen and oxygen atoms in total. The Morgan fingerprint density at radius 3 is 2.74 bits per heavy atom. The van der Waals surface area contributed by atoms with Crippen molar-refractivity contribution in [3.05, 3.63) is 54.3 Å².